The Hall–Kier alpha value is -1.01. The minimum absolute atomic E-state index is 0.0505. The molecular formula is C7H9NO2. The fourth-order valence-electron chi connectivity index (χ4n) is 1.02. The van der Waals surface area contributed by atoms with Gasteiger partial charge < -0.3 is 10.0 Å². The predicted molar refractivity (Wildman–Crippen MR) is 35.8 cm³/mol. The highest BCUT2D eigenvalue weighted by atomic mass is 16.3. The van der Waals surface area contributed by atoms with Gasteiger partial charge in [0.15, 0.2) is 6.23 Å². The second-order valence-electron chi connectivity index (χ2n) is 2.23. The van der Waals surface area contributed by atoms with Crippen LogP contribution in [-0.4, -0.2) is 28.7 Å². The summed E-state index contributed by atoms with van der Waals surface area (Å²) in [6, 6.07) is 0. The van der Waals surface area contributed by atoms with Crippen molar-refractivity contribution in [2.75, 3.05) is 6.54 Å². The van der Waals surface area contributed by atoms with Gasteiger partial charge in [-0.1, -0.05) is 5.92 Å². The first-order chi connectivity index (χ1) is 4.75. The lowest BCUT2D eigenvalue weighted by atomic mass is 10.4. The van der Waals surface area contributed by atoms with Crippen LogP contribution in [0.4, 0.5) is 0 Å². The second kappa shape index (κ2) is 2.72. The first-order valence-electron chi connectivity index (χ1n) is 3.19. The minimum atomic E-state index is -1.02. The second-order valence-corrected chi connectivity index (χ2v) is 2.23. The summed E-state index contributed by atoms with van der Waals surface area (Å²) in [4.78, 5) is 12.2. The Morgan fingerprint density at radius 2 is 2.50 bits per heavy atom. The van der Waals surface area contributed by atoms with Gasteiger partial charge in [-0.3, -0.25) is 4.79 Å². The van der Waals surface area contributed by atoms with E-state index in [0.717, 1.165) is 6.42 Å². The molecule has 3 nitrogen and oxygen atoms in total. The highest BCUT2D eigenvalue weighted by Gasteiger charge is 2.24. The summed E-state index contributed by atoms with van der Waals surface area (Å²) in [5.41, 5.74) is 0. The molecule has 1 amide bonds. The van der Waals surface area contributed by atoms with E-state index in [1.807, 2.05) is 0 Å². The topological polar surface area (TPSA) is 40.5 Å². The van der Waals surface area contributed by atoms with Gasteiger partial charge in [-0.25, -0.2) is 0 Å². The molecule has 1 unspecified atom stereocenters. The molecule has 1 saturated heterocycles. The number of hydrogen-bond donors (Lipinski definition) is 1. The van der Waals surface area contributed by atoms with Crippen LogP contribution >= 0.6 is 0 Å². The summed E-state index contributed by atoms with van der Waals surface area (Å²) in [5.74, 6) is 2.05. The van der Waals surface area contributed by atoms with Crippen molar-refractivity contribution in [2.45, 2.75) is 19.1 Å². The van der Waals surface area contributed by atoms with Crippen LogP contribution in [0.3, 0.4) is 0 Å². The fourth-order valence-corrected chi connectivity index (χ4v) is 1.02. The van der Waals surface area contributed by atoms with Crippen LogP contribution < -0.4 is 0 Å². The van der Waals surface area contributed by atoms with Crippen molar-refractivity contribution in [2.24, 2.45) is 0 Å². The Balaban J connectivity index is 2.57. The summed E-state index contributed by atoms with van der Waals surface area (Å²) in [6.45, 7) is 0.588. The minimum Gasteiger partial charge on any atom is -0.363 e. The van der Waals surface area contributed by atoms with Gasteiger partial charge >= 0.3 is 0 Å². The van der Waals surface area contributed by atoms with E-state index in [1.165, 1.54) is 4.90 Å². The summed E-state index contributed by atoms with van der Waals surface area (Å²) >= 11 is 0. The Morgan fingerprint density at radius 3 is 2.90 bits per heavy atom. The van der Waals surface area contributed by atoms with Gasteiger partial charge in [0.2, 0.25) is 5.91 Å². The van der Waals surface area contributed by atoms with Crippen LogP contribution in [0.1, 0.15) is 12.8 Å². The fraction of sp³-hybridized carbons (Fsp3) is 0.571. The first kappa shape index (κ1) is 7.10. The molecule has 1 aliphatic heterocycles. The van der Waals surface area contributed by atoms with Crippen molar-refractivity contribution in [3.8, 4) is 12.3 Å². The lowest BCUT2D eigenvalue weighted by Crippen LogP contribution is -2.34. The maximum Gasteiger partial charge on any atom is 0.225 e. The van der Waals surface area contributed by atoms with E-state index >= 15 is 0 Å². The molecule has 1 heterocycles. The molecule has 0 spiro atoms. The number of rotatable bonds is 1. The monoisotopic (exact) mass is 139 g/mol. The van der Waals surface area contributed by atoms with E-state index in [4.69, 9.17) is 11.5 Å². The van der Waals surface area contributed by atoms with Gasteiger partial charge in [0.25, 0.3) is 0 Å². The number of hydrogen-bond acceptors (Lipinski definition) is 2. The van der Waals surface area contributed by atoms with Gasteiger partial charge in [-0.05, 0) is 6.42 Å². The van der Waals surface area contributed by atoms with Crippen molar-refractivity contribution < 1.29 is 9.90 Å². The van der Waals surface area contributed by atoms with Crippen LogP contribution in [0, 0.1) is 12.3 Å². The highest BCUT2D eigenvalue weighted by molar-refractivity contribution is 5.78. The number of terminal acetylenes is 1. The van der Waals surface area contributed by atoms with Crippen LogP contribution in [0.25, 0.3) is 0 Å². The van der Waals surface area contributed by atoms with Gasteiger partial charge in [0.05, 0.1) is 0 Å². The molecule has 0 saturated carbocycles. The maximum absolute atomic E-state index is 10.8. The van der Waals surface area contributed by atoms with Crippen molar-refractivity contribution in [3.05, 3.63) is 0 Å². The summed E-state index contributed by atoms with van der Waals surface area (Å²) in [7, 11) is 0. The predicted octanol–water partition coefficient (Wildman–Crippen LogP) is -0.440. The summed E-state index contributed by atoms with van der Waals surface area (Å²) < 4.78 is 0. The number of likely N-dealkylation sites (tertiary alicyclic amines) is 1. The molecule has 1 atom stereocenters. The van der Waals surface area contributed by atoms with Crippen molar-refractivity contribution in [1.29, 1.82) is 0 Å². The average Bonchev–Trinajstić information content (AvgIpc) is 2.34. The van der Waals surface area contributed by atoms with Crippen molar-refractivity contribution in [1.82, 2.24) is 4.90 Å². The van der Waals surface area contributed by atoms with Crippen molar-refractivity contribution >= 4 is 5.91 Å². The molecule has 54 valence electrons. The van der Waals surface area contributed by atoms with E-state index in [-0.39, 0.29) is 5.91 Å². The molecule has 0 bridgehead atoms. The molecule has 0 aromatic heterocycles. The Morgan fingerprint density at radius 1 is 1.80 bits per heavy atom. The number of amides is 1. The van der Waals surface area contributed by atoms with Gasteiger partial charge in [-0.15, -0.1) is 6.42 Å². The van der Waals surface area contributed by atoms with Gasteiger partial charge in [-0.2, -0.15) is 0 Å². The molecule has 1 rings (SSSR count). The zero-order chi connectivity index (χ0) is 7.56. The van der Waals surface area contributed by atoms with Crippen LogP contribution in [0.15, 0.2) is 0 Å². The van der Waals surface area contributed by atoms with E-state index in [2.05, 4.69) is 5.92 Å². The zero-order valence-corrected chi connectivity index (χ0v) is 5.58. The van der Waals surface area contributed by atoms with Crippen molar-refractivity contribution in [3.63, 3.8) is 0 Å². The third-order valence-corrected chi connectivity index (χ3v) is 1.55. The molecule has 10 heavy (non-hydrogen) atoms. The van der Waals surface area contributed by atoms with E-state index in [9.17, 15) is 4.79 Å². The molecular weight excluding hydrogens is 130 g/mol. The smallest absolute Gasteiger partial charge is 0.225 e. The largest absolute Gasteiger partial charge is 0.363 e. The van der Waals surface area contributed by atoms with Gasteiger partial charge in [0.1, 0.15) is 0 Å². The molecule has 1 aliphatic rings. The summed E-state index contributed by atoms with van der Waals surface area (Å²) in [5, 5.41) is 9.00. The number of carbonyl (C=O) groups excluding carboxylic acids is 1. The van der Waals surface area contributed by atoms with E-state index in [1.54, 1.807) is 0 Å². The Labute approximate surface area is 59.6 Å². The average molecular weight is 139 g/mol. The SMILES string of the molecule is C#CC(O)N1CCCC1=O. The maximum atomic E-state index is 10.8. The molecule has 0 aromatic rings. The normalized spacial score (nSPS) is 20.8. The third-order valence-electron chi connectivity index (χ3n) is 1.55. The molecule has 0 radical (unpaired) electrons. The number of carbonyl (C=O) groups is 1. The molecule has 0 aromatic carbocycles. The van der Waals surface area contributed by atoms with Crippen LogP contribution in [0.5, 0.6) is 0 Å². The molecule has 0 aliphatic carbocycles. The highest BCUT2D eigenvalue weighted by Crippen LogP contribution is 2.11. The lowest BCUT2D eigenvalue weighted by Gasteiger charge is -2.17. The van der Waals surface area contributed by atoms with E-state index in [0.29, 0.717) is 13.0 Å². The van der Waals surface area contributed by atoms with Gasteiger partial charge in [0, 0.05) is 13.0 Å². The van der Waals surface area contributed by atoms with Crippen LogP contribution in [0.2, 0.25) is 0 Å². The Kier molecular flexibility index (Phi) is 1.93. The number of aliphatic hydroxyl groups excluding tert-OH is 1. The number of nitrogens with zero attached hydrogens (tertiary/aromatic N) is 1. The van der Waals surface area contributed by atoms with E-state index < -0.39 is 6.23 Å². The molecule has 1 N–H and O–H groups in total. The lowest BCUT2D eigenvalue weighted by molar-refractivity contribution is -0.133. The summed E-state index contributed by atoms with van der Waals surface area (Å²) in [6.07, 6.45) is 5.22. The zero-order valence-electron chi connectivity index (χ0n) is 5.58. The number of aliphatic hydroxyl groups is 1. The Bertz CT molecular complexity index is 183. The van der Waals surface area contributed by atoms with Crippen LogP contribution in [-0.2, 0) is 4.79 Å². The molecule has 1 fully saturated rings. The molecule has 3 heteroatoms. The third kappa shape index (κ3) is 1.12. The quantitative estimate of drug-likeness (QED) is 0.500. The standard InChI is InChI=1S/C7H9NO2/c1-2-6(9)8-5-3-4-7(8)10/h1,6,9H,3-5H2. The first-order valence-corrected chi connectivity index (χ1v) is 3.19.